The Kier molecular flexibility index (Phi) is 5.16. The maximum Gasteiger partial charge on any atom is 0.264 e. The smallest absolute Gasteiger partial charge is 0.264 e. The molecule has 1 N–H and O–H groups in total. The molecular formula is C23H20N2O4. The molecule has 4 rings (SSSR count). The van der Waals surface area contributed by atoms with Crippen LogP contribution >= 0.6 is 0 Å². The summed E-state index contributed by atoms with van der Waals surface area (Å²) in [7, 11) is 1.68. The zero-order chi connectivity index (χ0) is 20.2. The van der Waals surface area contributed by atoms with Crippen LogP contribution in [0.3, 0.4) is 0 Å². The van der Waals surface area contributed by atoms with Gasteiger partial charge in [0.15, 0.2) is 6.61 Å². The second-order valence-electron chi connectivity index (χ2n) is 6.68. The van der Waals surface area contributed by atoms with E-state index >= 15 is 0 Å². The summed E-state index contributed by atoms with van der Waals surface area (Å²) < 4.78 is 11.1. The highest BCUT2D eigenvalue weighted by atomic mass is 16.5. The molecule has 3 aromatic carbocycles. The van der Waals surface area contributed by atoms with Crippen molar-refractivity contribution in [1.29, 1.82) is 0 Å². The molecule has 1 aliphatic heterocycles. The molecule has 0 saturated heterocycles. The number of carbonyl (C=O) groups excluding carboxylic acids is 2. The molecule has 2 amide bonds. The molecule has 1 aliphatic rings. The lowest BCUT2D eigenvalue weighted by molar-refractivity contribution is -0.120. The topological polar surface area (TPSA) is 67.9 Å². The average molecular weight is 388 g/mol. The third-order valence-electron chi connectivity index (χ3n) is 4.67. The molecule has 0 aliphatic carbocycles. The van der Waals surface area contributed by atoms with Gasteiger partial charge in [-0.25, -0.2) is 0 Å². The summed E-state index contributed by atoms with van der Waals surface area (Å²) in [6.45, 7) is 0.490. The zero-order valence-electron chi connectivity index (χ0n) is 15.9. The Morgan fingerprint density at radius 2 is 1.83 bits per heavy atom. The van der Waals surface area contributed by atoms with E-state index in [-0.39, 0.29) is 18.4 Å². The van der Waals surface area contributed by atoms with Crippen LogP contribution in [-0.2, 0) is 11.4 Å². The van der Waals surface area contributed by atoms with Gasteiger partial charge in [-0.2, -0.15) is 0 Å². The summed E-state index contributed by atoms with van der Waals surface area (Å²) >= 11 is 0. The fraction of sp³-hybridized carbons (Fsp3) is 0.130. The monoisotopic (exact) mass is 388 g/mol. The van der Waals surface area contributed by atoms with Crippen LogP contribution in [0.2, 0.25) is 0 Å². The number of likely N-dealkylation sites (N-methyl/N-ethyl adjacent to an activating group) is 1. The van der Waals surface area contributed by atoms with Crippen molar-refractivity contribution >= 4 is 23.2 Å². The van der Waals surface area contributed by atoms with Gasteiger partial charge in [0.05, 0.1) is 5.69 Å². The first-order chi connectivity index (χ1) is 14.1. The molecule has 1 heterocycles. The SMILES string of the molecule is CN1C(=O)COc2ccc(NC(=O)c3ccc(OCc4ccccc4)cc3)cc21. The fourth-order valence-corrected chi connectivity index (χ4v) is 3.00. The number of hydrogen-bond donors (Lipinski definition) is 1. The minimum atomic E-state index is -0.245. The average Bonchev–Trinajstić information content (AvgIpc) is 2.76. The summed E-state index contributed by atoms with van der Waals surface area (Å²) in [6, 6.07) is 22.1. The van der Waals surface area contributed by atoms with E-state index in [1.807, 2.05) is 30.3 Å². The van der Waals surface area contributed by atoms with Crippen LogP contribution in [0.25, 0.3) is 0 Å². The first-order valence-corrected chi connectivity index (χ1v) is 9.22. The first kappa shape index (κ1) is 18.6. The van der Waals surface area contributed by atoms with E-state index in [0.717, 1.165) is 5.56 Å². The molecule has 0 bridgehead atoms. The van der Waals surface area contributed by atoms with Gasteiger partial charge in [0.2, 0.25) is 0 Å². The van der Waals surface area contributed by atoms with Crippen molar-refractivity contribution < 1.29 is 19.1 Å². The van der Waals surface area contributed by atoms with Gasteiger partial charge in [0, 0.05) is 18.3 Å². The van der Waals surface area contributed by atoms with Gasteiger partial charge < -0.3 is 19.7 Å². The standard InChI is InChI=1S/C23H20N2O4/c1-25-20-13-18(9-12-21(20)29-15-22(25)26)24-23(27)17-7-10-19(11-8-17)28-14-16-5-3-2-4-6-16/h2-13H,14-15H2,1H3,(H,24,27). The molecule has 146 valence electrons. The van der Waals surface area contributed by atoms with Crippen LogP contribution in [-0.4, -0.2) is 25.5 Å². The number of fused-ring (bicyclic) bond motifs is 1. The third-order valence-corrected chi connectivity index (χ3v) is 4.67. The van der Waals surface area contributed by atoms with Crippen molar-refractivity contribution in [2.45, 2.75) is 6.61 Å². The van der Waals surface area contributed by atoms with E-state index in [1.165, 1.54) is 4.90 Å². The van der Waals surface area contributed by atoms with E-state index in [1.54, 1.807) is 49.5 Å². The number of hydrogen-bond acceptors (Lipinski definition) is 4. The summed E-state index contributed by atoms with van der Waals surface area (Å²) in [5.74, 6) is 0.929. The molecule has 0 radical (unpaired) electrons. The molecule has 6 nitrogen and oxygen atoms in total. The summed E-state index contributed by atoms with van der Waals surface area (Å²) in [6.07, 6.45) is 0. The Labute approximate surface area is 168 Å². The predicted octanol–water partition coefficient (Wildman–Crippen LogP) is 3.87. The Morgan fingerprint density at radius 1 is 1.07 bits per heavy atom. The molecule has 0 spiro atoms. The normalized spacial score (nSPS) is 12.7. The van der Waals surface area contributed by atoms with Gasteiger partial charge in [0.1, 0.15) is 18.1 Å². The Balaban J connectivity index is 1.40. The van der Waals surface area contributed by atoms with Crippen LogP contribution in [0.15, 0.2) is 72.8 Å². The number of anilines is 2. The maximum absolute atomic E-state index is 12.6. The van der Waals surface area contributed by atoms with Gasteiger partial charge >= 0.3 is 0 Å². The minimum absolute atomic E-state index is 0.0217. The lowest BCUT2D eigenvalue weighted by Gasteiger charge is -2.26. The quantitative estimate of drug-likeness (QED) is 0.720. The van der Waals surface area contributed by atoms with Crippen LogP contribution in [0.1, 0.15) is 15.9 Å². The number of nitrogens with one attached hydrogen (secondary N) is 1. The fourth-order valence-electron chi connectivity index (χ4n) is 3.00. The second-order valence-corrected chi connectivity index (χ2v) is 6.68. The van der Waals surface area contributed by atoms with Gasteiger partial charge in [-0.15, -0.1) is 0 Å². The van der Waals surface area contributed by atoms with Crippen molar-refractivity contribution in [2.24, 2.45) is 0 Å². The van der Waals surface area contributed by atoms with Crippen LogP contribution in [0.4, 0.5) is 11.4 Å². The summed E-state index contributed by atoms with van der Waals surface area (Å²) in [5, 5.41) is 2.85. The van der Waals surface area contributed by atoms with Gasteiger partial charge in [-0.1, -0.05) is 30.3 Å². The van der Waals surface area contributed by atoms with Crippen LogP contribution < -0.4 is 19.7 Å². The molecule has 6 heteroatoms. The lowest BCUT2D eigenvalue weighted by Crippen LogP contribution is -2.35. The lowest BCUT2D eigenvalue weighted by atomic mass is 10.1. The maximum atomic E-state index is 12.6. The largest absolute Gasteiger partial charge is 0.489 e. The van der Waals surface area contributed by atoms with Crippen molar-refractivity contribution in [1.82, 2.24) is 0 Å². The Morgan fingerprint density at radius 3 is 2.59 bits per heavy atom. The van der Waals surface area contributed by atoms with Gasteiger partial charge in [-0.05, 0) is 48.0 Å². The minimum Gasteiger partial charge on any atom is -0.489 e. The summed E-state index contributed by atoms with van der Waals surface area (Å²) in [4.78, 5) is 25.9. The summed E-state index contributed by atoms with van der Waals surface area (Å²) in [5.41, 5.74) is 2.80. The molecular weight excluding hydrogens is 368 g/mol. The van der Waals surface area contributed by atoms with E-state index in [4.69, 9.17) is 9.47 Å². The van der Waals surface area contributed by atoms with Gasteiger partial charge in [-0.3, -0.25) is 9.59 Å². The molecule has 0 saturated carbocycles. The second kappa shape index (κ2) is 8.06. The van der Waals surface area contributed by atoms with Crippen molar-refractivity contribution in [3.63, 3.8) is 0 Å². The van der Waals surface area contributed by atoms with Crippen LogP contribution in [0, 0.1) is 0 Å². The Hall–Kier alpha value is -3.80. The van der Waals surface area contributed by atoms with E-state index in [0.29, 0.717) is 35.0 Å². The Bertz CT molecular complexity index is 1030. The first-order valence-electron chi connectivity index (χ1n) is 9.22. The van der Waals surface area contributed by atoms with Gasteiger partial charge in [0.25, 0.3) is 11.8 Å². The molecule has 0 aromatic heterocycles. The molecule has 0 atom stereocenters. The number of rotatable bonds is 5. The third kappa shape index (κ3) is 4.21. The highest BCUT2D eigenvalue weighted by Gasteiger charge is 2.22. The predicted molar refractivity (Wildman–Crippen MR) is 111 cm³/mol. The zero-order valence-corrected chi connectivity index (χ0v) is 15.9. The molecule has 0 fully saturated rings. The number of amides is 2. The molecule has 3 aromatic rings. The van der Waals surface area contributed by atoms with E-state index in [2.05, 4.69) is 5.32 Å². The van der Waals surface area contributed by atoms with E-state index in [9.17, 15) is 9.59 Å². The molecule has 0 unspecified atom stereocenters. The number of ether oxygens (including phenoxy) is 2. The van der Waals surface area contributed by atoms with Crippen molar-refractivity contribution in [2.75, 3.05) is 23.9 Å². The highest BCUT2D eigenvalue weighted by molar-refractivity contribution is 6.05. The van der Waals surface area contributed by atoms with Crippen molar-refractivity contribution in [3.8, 4) is 11.5 Å². The number of carbonyl (C=O) groups is 2. The van der Waals surface area contributed by atoms with Crippen molar-refractivity contribution in [3.05, 3.63) is 83.9 Å². The molecule has 29 heavy (non-hydrogen) atoms. The number of nitrogens with zero attached hydrogens (tertiary/aromatic N) is 1. The van der Waals surface area contributed by atoms with E-state index < -0.39 is 0 Å². The highest BCUT2D eigenvalue weighted by Crippen LogP contribution is 2.33. The number of benzene rings is 3. The van der Waals surface area contributed by atoms with Crippen LogP contribution in [0.5, 0.6) is 11.5 Å².